The second-order valence-electron chi connectivity index (χ2n) is 5.47. The van der Waals surface area contributed by atoms with Gasteiger partial charge in [-0.05, 0) is 36.2 Å². The van der Waals surface area contributed by atoms with E-state index in [0.29, 0.717) is 31.7 Å². The van der Waals surface area contributed by atoms with E-state index in [2.05, 4.69) is 10.6 Å². The molecular formula is C18H19FN2O3. The van der Waals surface area contributed by atoms with Crippen molar-refractivity contribution in [3.8, 4) is 11.5 Å². The van der Waals surface area contributed by atoms with E-state index in [1.165, 1.54) is 12.1 Å². The fraction of sp³-hybridized carbons (Fsp3) is 0.278. The number of ether oxygens (including phenoxy) is 2. The lowest BCUT2D eigenvalue weighted by Crippen LogP contribution is -2.27. The average molecular weight is 330 g/mol. The Bertz CT molecular complexity index is 704. The smallest absolute Gasteiger partial charge is 0.231 e. The number of rotatable bonds is 7. The van der Waals surface area contributed by atoms with Crippen LogP contribution in [0.4, 0.5) is 10.1 Å². The van der Waals surface area contributed by atoms with Gasteiger partial charge in [0, 0.05) is 31.3 Å². The zero-order valence-corrected chi connectivity index (χ0v) is 13.2. The number of halogens is 1. The van der Waals surface area contributed by atoms with Crippen LogP contribution >= 0.6 is 0 Å². The number of hydrogen-bond acceptors (Lipinski definition) is 4. The van der Waals surface area contributed by atoms with Crippen molar-refractivity contribution in [3.05, 3.63) is 53.8 Å². The van der Waals surface area contributed by atoms with Crippen LogP contribution in [0, 0.1) is 5.82 Å². The monoisotopic (exact) mass is 330 g/mol. The van der Waals surface area contributed by atoms with Crippen LogP contribution in [-0.2, 0) is 11.2 Å². The number of hydrogen-bond donors (Lipinski definition) is 2. The maximum absolute atomic E-state index is 12.8. The van der Waals surface area contributed by atoms with E-state index in [4.69, 9.17) is 9.47 Å². The molecule has 0 bridgehead atoms. The van der Waals surface area contributed by atoms with Crippen LogP contribution in [0.5, 0.6) is 11.5 Å². The summed E-state index contributed by atoms with van der Waals surface area (Å²) in [7, 11) is 0. The molecular weight excluding hydrogens is 311 g/mol. The standard InChI is InChI=1S/C18H19FN2O3/c19-14-3-1-13(2-4-14)7-9-21-18(22)8-10-20-15-5-6-16-17(11-15)24-12-23-16/h1-6,11,20H,7-10,12H2,(H,21,22). The molecule has 3 rings (SSSR count). The highest BCUT2D eigenvalue weighted by molar-refractivity contribution is 5.76. The summed E-state index contributed by atoms with van der Waals surface area (Å²) < 4.78 is 23.4. The lowest BCUT2D eigenvalue weighted by Gasteiger charge is -2.08. The molecule has 2 N–H and O–H groups in total. The summed E-state index contributed by atoms with van der Waals surface area (Å²) in [5, 5.41) is 6.04. The summed E-state index contributed by atoms with van der Waals surface area (Å²) in [6.07, 6.45) is 1.06. The lowest BCUT2D eigenvalue weighted by molar-refractivity contribution is -0.120. The highest BCUT2D eigenvalue weighted by Gasteiger charge is 2.13. The molecule has 1 amide bonds. The molecule has 5 nitrogen and oxygen atoms in total. The minimum absolute atomic E-state index is 0.0228. The molecule has 2 aromatic rings. The van der Waals surface area contributed by atoms with Crippen LogP contribution in [-0.4, -0.2) is 25.8 Å². The van der Waals surface area contributed by atoms with E-state index in [9.17, 15) is 9.18 Å². The average Bonchev–Trinajstić information content (AvgIpc) is 3.04. The van der Waals surface area contributed by atoms with Crippen molar-refractivity contribution in [1.29, 1.82) is 0 Å². The quantitative estimate of drug-likeness (QED) is 0.819. The predicted molar refractivity (Wildman–Crippen MR) is 88.8 cm³/mol. The summed E-state index contributed by atoms with van der Waals surface area (Å²) in [6.45, 7) is 1.31. The van der Waals surface area contributed by atoms with Crippen LogP contribution in [0.25, 0.3) is 0 Å². The Morgan fingerprint density at radius 3 is 2.67 bits per heavy atom. The Hall–Kier alpha value is -2.76. The first-order valence-electron chi connectivity index (χ1n) is 7.85. The van der Waals surface area contributed by atoms with Gasteiger partial charge in [0.2, 0.25) is 12.7 Å². The third-order valence-electron chi connectivity index (χ3n) is 3.70. The van der Waals surface area contributed by atoms with Gasteiger partial charge in [-0.25, -0.2) is 4.39 Å². The van der Waals surface area contributed by atoms with Gasteiger partial charge in [0.1, 0.15) is 5.82 Å². The van der Waals surface area contributed by atoms with E-state index >= 15 is 0 Å². The van der Waals surface area contributed by atoms with Crippen LogP contribution in [0.3, 0.4) is 0 Å². The Labute approximate surface area is 139 Å². The predicted octanol–water partition coefficient (Wildman–Crippen LogP) is 2.72. The Kier molecular flexibility index (Phi) is 5.15. The van der Waals surface area contributed by atoms with Crippen molar-refractivity contribution in [2.75, 3.05) is 25.2 Å². The highest BCUT2D eigenvalue weighted by Crippen LogP contribution is 2.34. The van der Waals surface area contributed by atoms with Crippen molar-refractivity contribution in [2.24, 2.45) is 0 Å². The molecule has 1 aliphatic heterocycles. The number of carbonyl (C=O) groups is 1. The van der Waals surface area contributed by atoms with Crippen LogP contribution < -0.4 is 20.1 Å². The summed E-state index contributed by atoms with van der Waals surface area (Å²) >= 11 is 0. The number of carbonyl (C=O) groups excluding carboxylic acids is 1. The molecule has 0 saturated heterocycles. The topological polar surface area (TPSA) is 59.6 Å². The first-order valence-corrected chi connectivity index (χ1v) is 7.85. The van der Waals surface area contributed by atoms with Gasteiger partial charge in [-0.2, -0.15) is 0 Å². The molecule has 0 saturated carbocycles. The van der Waals surface area contributed by atoms with Gasteiger partial charge in [-0.3, -0.25) is 4.79 Å². The molecule has 126 valence electrons. The zero-order chi connectivity index (χ0) is 16.8. The van der Waals surface area contributed by atoms with Crippen molar-refractivity contribution in [3.63, 3.8) is 0 Å². The fourth-order valence-corrected chi connectivity index (χ4v) is 2.41. The van der Waals surface area contributed by atoms with E-state index in [1.54, 1.807) is 12.1 Å². The number of fused-ring (bicyclic) bond motifs is 1. The first kappa shape index (κ1) is 16.1. The molecule has 0 aliphatic carbocycles. The maximum atomic E-state index is 12.8. The maximum Gasteiger partial charge on any atom is 0.231 e. The lowest BCUT2D eigenvalue weighted by atomic mass is 10.1. The third-order valence-corrected chi connectivity index (χ3v) is 3.70. The second-order valence-corrected chi connectivity index (χ2v) is 5.47. The zero-order valence-electron chi connectivity index (χ0n) is 13.2. The number of nitrogens with one attached hydrogen (secondary N) is 2. The van der Waals surface area contributed by atoms with Crippen LogP contribution in [0.1, 0.15) is 12.0 Å². The van der Waals surface area contributed by atoms with Gasteiger partial charge < -0.3 is 20.1 Å². The minimum atomic E-state index is -0.252. The molecule has 24 heavy (non-hydrogen) atoms. The van der Waals surface area contributed by atoms with E-state index in [-0.39, 0.29) is 18.5 Å². The Morgan fingerprint density at radius 1 is 1.04 bits per heavy atom. The molecule has 0 unspecified atom stereocenters. The van der Waals surface area contributed by atoms with Gasteiger partial charge in [0.05, 0.1) is 0 Å². The Morgan fingerprint density at radius 2 is 1.83 bits per heavy atom. The molecule has 0 aromatic heterocycles. The van der Waals surface area contributed by atoms with Crippen molar-refractivity contribution in [1.82, 2.24) is 5.32 Å². The van der Waals surface area contributed by atoms with E-state index in [1.807, 2.05) is 18.2 Å². The molecule has 1 aliphatic rings. The summed E-state index contributed by atoms with van der Waals surface area (Å²) in [4.78, 5) is 11.8. The number of amides is 1. The molecule has 0 fully saturated rings. The first-order chi connectivity index (χ1) is 11.7. The second kappa shape index (κ2) is 7.68. The summed E-state index contributed by atoms with van der Waals surface area (Å²) in [6, 6.07) is 11.9. The summed E-state index contributed by atoms with van der Waals surface area (Å²) in [5.41, 5.74) is 1.88. The van der Waals surface area contributed by atoms with Gasteiger partial charge in [-0.1, -0.05) is 12.1 Å². The van der Waals surface area contributed by atoms with Gasteiger partial charge >= 0.3 is 0 Å². The van der Waals surface area contributed by atoms with Gasteiger partial charge in [0.15, 0.2) is 11.5 Å². The van der Waals surface area contributed by atoms with Gasteiger partial charge in [-0.15, -0.1) is 0 Å². The summed E-state index contributed by atoms with van der Waals surface area (Å²) in [5.74, 6) is 1.17. The molecule has 1 heterocycles. The molecule has 0 spiro atoms. The van der Waals surface area contributed by atoms with Crippen molar-refractivity contribution < 1.29 is 18.7 Å². The molecule has 6 heteroatoms. The van der Waals surface area contributed by atoms with Gasteiger partial charge in [0.25, 0.3) is 0 Å². The minimum Gasteiger partial charge on any atom is -0.454 e. The molecule has 0 atom stereocenters. The SMILES string of the molecule is O=C(CCNc1ccc2c(c1)OCO2)NCCc1ccc(F)cc1. The van der Waals surface area contributed by atoms with E-state index in [0.717, 1.165) is 17.0 Å². The van der Waals surface area contributed by atoms with E-state index < -0.39 is 0 Å². The van der Waals surface area contributed by atoms with Crippen LogP contribution in [0.2, 0.25) is 0 Å². The highest BCUT2D eigenvalue weighted by atomic mass is 19.1. The molecule has 0 radical (unpaired) electrons. The largest absolute Gasteiger partial charge is 0.454 e. The van der Waals surface area contributed by atoms with Crippen molar-refractivity contribution >= 4 is 11.6 Å². The van der Waals surface area contributed by atoms with Crippen molar-refractivity contribution in [2.45, 2.75) is 12.8 Å². The molecule has 2 aromatic carbocycles. The fourth-order valence-electron chi connectivity index (χ4n) is 2.41. The van der Waals surface area contributed by atoms with Crippen LogP contribution in [0.15, 0.2) is 42.5 Å². The number of anilines is 1. The Balaban J connectivity index is 1.34. The number of benzene rings is 2. The third kappa shape index (κ3) is 4.38. The normalized spacial score (nSPS) is 12.0.